The first-order valence-corrected chi connectivity index (χ1v) is 7.51. The van der Waals surface area contributed by atoms with Gasteiger partial charge in [-0.1, -0.05) is 19.9 Å². The minimum Gasteiger partial charge on any atom is -0.369 e. The van der Waals surface area contributed by atoms with Gasteiger partial charge in [-0.05, 0) is 51.3 Å². The average molecular weight is 280 g/mol. The summed E-state index contributed by atoms with van der Waals surface area (Å²) in [5.74, 6) is 0.400. The van der Waals surface area contributed by atoms with Crippen LogP contribution in [0.5, 0.6) is 0 Å². The van der Waals surface area contributed by atoms with E-state index in [0.29, 0.717) is 18.2 Å². The van der Waals surface area contributed by atoms with Gasteiger partial charge in [0.15, 0.2) is 0 Å². The third-order valence-electron chi connectivity index (χ3n) is 3.14. The molecule has 0 radical (unpaired) electrons. The molecule has 0 aliphatic carbocycles. The zero-order valence-electron chi connectivity index (χ0n) is 13.8. The van der Waals surface area contributed by atoms with E-state index in [1.54, 1.807) is 6.07 Å². The van der Waals surface area contributed by atoms with Crippen molar-refractivity contribution in [1.82, 2.24) is 5.32 Å². The SMILES string of the molecule is CCN(CC(C)C)c1ccc(CNC(C)(C)C)cc1F. The van der Waals surface area contributed by atoms with Crippen LogP contribution >= 0.6 is 0 Å². The average Bonchev–Trinajstić information content (AvgIpc) is 2.33. The molecule has 0 atom stereocenters. The molecular weight excluding hydrogens is 251 g/mol. The molecule has 0 saturated heterocycles. The fraction of sp³-hybridized carbons (Fsp3) is 0.647. The minimum absolute atomic E-state index is 0.0439. The van der Waals surface area contributed by atoms with Crippen LogP contribution in [0, 0.1) is 11.7 Å². The van der Waals surface area contributed by atoms with Crippen molar-refractivity contribution in [2.24, 2.45) is 5.92 Å². The second kappa shape index (κ2) is 7.07. The van der Waals surface area contributed by atoms with Crippen LogP contribution in [-0.2, 0) is 6.54 Å². The van der Waals surface area contributed by atoms with E-state index in [2.05, 4.69) is 51.8 Å². The molecule has 0 aromatic heterocycles. The van der Waals surface area contributed by atoms with Crippen LogP contribution < -0.4 is 10.2 Å². The van der Waals surface area contributed by atoms with Gasteiger partial charge in [-0.15, -0.1) is 0 Å². The Bertz CT molecular complexity index is 421. The van der Waals surface area contributed by atoms with Crippen molar-refractivity contribution >= 4 is 5.69 Å². The topological polar surface area (TPSA) is 15.3 Å². The Hall–Kier alpha value is -1.09. The highest BCUT2D eigenvalue weighted by Gasteiger charge is 2.13. The van der Waals surface area contributed by atoms with E-state index in [1.807, 2.05) is 12.1 Å². The lowest BCUT2D eigenvalue weighted by atomic mass is 10.1. The lowest BCUT2D eigenvalue weighted by Crippen LogP contribution is -2.35. The van der Waals surface area contributed by atoms with Crippen molar-refractivity contribution in [3.8, 4) is 0 Å². The predicted molar refractivity (Wildman–Crippen MR) is 85.7 cm³/mol. The number of anilines is 1. The molecule has 1 N–H and O–H groups in total. The summed E-state index contributed by atoms with van der Waals surface area (Å²) >= 11 is 0. The van der Waals surface area contributed by atoms with E-state index in [0.717, 1.165) is 18.7 Å². The Labute approximate surface area is 123 Å². The van der Waals surface area contributed by atoms with Crippen molar-refractivity contribution in [3.05, 3.63) is 29.6 Å². The van der Waals surface area contributed by atoms with Gasteiger partial charge in [-0.2, -0.15) is 0 Å². The van der Waals surface area contributed by atoms with Gasteiger partial charge < -0.3 is 10.2 Å². The summed E-state index contributed by atoms with van der Waals surface area (Å²) in [6.45, 7) is 15.1. The number of benzene rings is 1. The summed E-state index contributed by atoms with van der Waals surface area (Å²) in [4.78, 5) is 2.10. The summed E-state index contributed by atoms with van der Waals surface area (Å²) in [6.07, 6.45) is 0. The molecule has 0 saturated carbocycles. The second-order valence-electron chi connectivity index (χ2n) is 6.82. The third kappa shape index (κ3) is 5.49. The minimum atomic E-state index is -0.124. The molecule has 0 fully saturated rings. The number of halogens is 1. The number of hydrogen-bond donors (Lipinski definition) is 1. The third-order valence-corrected chi connectivity index (χ3v) is 3.14. The largest absolute Gasteiger partial charge is 0.369 e. The lowest BCUT2D eigenvalue weighted by Gasteiger charge is -2.26. The molecule has 3 heteroatoms. The maximum absolute atomic E-state index is 14.3. The van der Waals surface area contributed by atoms with E-state index < -0.39 is 0 Å². The molecule has 0 aliphatic rings. The highest BCUT2D eigenvalue weighted by Crippen LogP contribution is 2.21. The number of rotatable bonds is 6. The first-order valence-electron chi connectivity index (χ1n) is 7.51. The van der Waals surface area contributed by atoms with Crippen molar-refractivity contribution in [2.75, 3.05) is 18.0 Å². The van der Waals surface area contributed by atoms with Crippen LogP contribution in [0.15, 0.2) is 18.2 Å². The van der Waals surface area contributed by atoms with E-state index in [9.17, 15) is 4.39 Å². The summed E-state index contributed by atoms with van der Waals surface area (Å²) < 4.78 is 14.3. The lowest BCUT2D eigenvalue weighted by molar-refractivity contribution is 0.423. The Kier molecular flexibility index (Phi) is 6.00. The van der Waals surface area contributed by atoms with Crippen molar-refractivity contribution in [3.63, 3.8) is 0 Å². The van der Waals surface area contributed by atoms with Crippen LogP contribution in [0.2, 0.25) is 0 Å². The first-order chi connectivity index (χ1) is 9.23. The van der Waals surface area contributed by atoms with Crippen molar-refractivity contribution in [2.45, 2.75) is 53.6 Å². The summed E-state index contributed by atoms with van der Waals surface area (Å²) in [5, 5.41) is 3.38. The fourth-order valence-corrected chi connectivity index (χ4v) is 2.12. The van der Waals surface area contributed by atoms with Gasteiger partial charge in [-0.25, -0.2) is 4.39 Å². The van der Waals surface area contributed by atoms with Crippen molar-refractivity contribution in [1.29, 1.82) is 0 Å². The molecule has 1 aromatic rings. The zero-order chi connectivity index (χ0) is 15.3. The Balaban J connectivity index is 2.81. The first kappa shape index (κ1) is 17.0. The van der Waals surface area contributed by atoms with Gasteiger partial charge in [0.25, 0.3) is 0 Å². The van der Waals surface area contributed by atoms with Gasteiger partial charge in [0.1, 0.15) is 5.82 Å². The normalized spacial score (nSPS) is 12.0. The van der Waals surface area contributed by atoms with Crippen LogP contribution in [0.4, 0.5) is 10.1 Å². The number of nitrogens with one attached hydrogen (secondary N) is 1. The molecule has 0 unspecified atom stereocenters. The predicted octanol–water partition coefficient (Wildman–Crippen LogP) is 4.20. The quantitative estimate of drug-likeness (QED) is 0.840. The van der Waals surface area contributed by atoms with Gasteiger partial charge in [0, 0.05) is 25.2 Å². The van der Waals surface area contributed by atoms with E-state index in [-0.39, 0.29) is 11.4 Å². The van der Waals surface area contributed by atoms with Gasteiger partial charge in [-0.3, -0.25) is 0 Å². The molecule has 0 amide bonds. The number of nitrogens with zero attached hydrogens (tertiary/aromatic N) is 1. The zero-order valence-corrected chi connectivity index (χ0v) is 13.8. The Morgan fingerprint density at radius 1 is 1.25 bits per heavy atom. The Morgan fingerprint density at radius 2 is 1.90 bits per heavy atom. The van der Waals surface area contributed by atoms with E-state index in [4.69, 9.17) is 0 Å². The molecule has 0 aliphatic heterocycles. The summed E-state index contributed by atoms with van der Waals surface area (Å²) in [5.41, 5.74) is 1.74. The van der Waals surface area contributed by atoms with Crippen LogP contribution in [-0.4, -0.2) is 18.6 Å². The maximum atomic E-state index is 14.3. The van der Waals surface area contributed by atoms with E-state index >= 15 is 0 Å². The monoisotopic (exact) mass is 280 g/mol. The highest BCUT2D eigenvalue weighted by atomic mass is 19.1. The summed E-state index contributed by atoms with van der Waals surface area (Å²) in [7, 11) is 0. The van der Waals surface area contributed by atoms with Gasteiger partial charge in [0.05, 0.1) is 5.69 Å². The van der Waals surface area contributed by atoms with Gasteiger partial charge >= 0.3 is 0 Å². The molecule has 0 spiro atoms. The molecule has 0 heterocycles. The second-order valence-corrected chi connectivity index (χ2v) is 6.82. The summed E-state index contributed by atoms with van der Waals surface area (Å²) in [6, 6.07) is 5.57. The van der Waals surface area contributed by atoms with Crippen LogP contribution in [0.3, 0.4) is 0 Å². The molecule has 1 rings (SSSR count). The Morgan fingerprint density at radius 3 is 2.35 bits per heavy atom. The molecule has 0 bridgehead atoms. The van der Waals surface area contributed by atoms with Crippen molar-refractivity contribution < 1.29 is 4.39 Å². The standard InChI is InChI=1S/C17H29FN2/c1-7-20(12-13(2)3)16-9-8-14(10-15(16)18)11-19-17(4,5)6/h8-10,13,19H,7,11-12H2,1-6H3. The fourth-order valence-electron chi connectivity index (χ4n) is 2.12. The molecule has 114 valence electrons. The molecule has 1 aromatic carbocycles. The molecule has 2 nitrogen and oxygen atoms in total. The molecule has 20 heavy (non-hydrogen) atoms. The van der Waals surface area contributed by atoms with E-state index in [1.165, 1.54) is 0 Å². The number of hydrogen-bond acceptors (Lipinski definition) is 2. The highest BCUT2D eigenvalue weighted by molar-refractivity contribution is 5.49. The van der Waals surface area contributed by atoms with Gasteiger partial charge in [0.2, 0.25) is 0 Å². The maximum Gasteiger partial charge on any atom is 0.146 e. The smallest absolute Gasteiger partial charge is 0.146 e. The van der Waals surface area contributed by atoms with Crippen LogP contribution in [0.25, 0.3) is 0 Å². The molecular formula is C17H29FN2. The van der Waals surface area contributed by atoms with Crippen LogP contribution in [0.1, 0.15) is 47.1 Å².